The SMILES string of the molecule is O=C(COC(=O)/C=C/c1ccc(OC(F)F)cc1)NC1CCS(=O)(=O)C1. The average molecular weight is 389 g/mol. The molecule has 2 rings (SSSR count). The van der Waals surface area contributed by atoms with Gasteiger partial charge in [0.15, 0.2) is 16.4 Å². The molecule has 1 aliphatic heterocycles. The average Bonchev–Trinajstić information content (AvgIpc) is 2.90. The van der Waals surface area contributed by atoms with Crippen molar-refractivity contribution in [2.24, 2.45) is 0 Å². The quantitative estimate of drug-likeness (QED) is 0.555. The maximum Gasteiger partial charge on any atom is 0.387 e. The van der Waals surface area contributed by atoms with E-state index in [-0.39, 0.29) is 17.3 Å². The zero-order valence-corrected chi connectivity index (χ0v) is 14.4. The van der Waals surface area contributed by atoms with Crippen molar-refractivity contribution in [2.45, 2.75) is 19.1 Å². The summed E-state index contributed by atoms with van der Waals surface area (Å²) >= 11 is 0. The van der Waals surface area contributed by atoms with Crippen molar-refractivity contribution >= 4 is 27.8 Å². The monoisotopic (exact) mass is 389 g/mol. The van der Waals surface area contributed by atoms with Gasteiger partial charge in [-0.1, -0.05) is 12.1 Å². The Labute approximate surface area is 148 Å². The molecule has 0 radical (unpaired) electrons. The number of nitrogens with one attached hydrogen (secondary N) is 1. The molecule has 1 atom stereocenters. The van der Waals surface area contributed by atoms with Crippen molar-refractivity contribution in [3.05, 3.63) is 35.9 Å². The lowest BCUT2D eigenvalue weighted by atomic mass is 10.2. The molecule has 1 aromatic rings. The fourth-order valence-corrected chi connectivity index (χ4v) is 3.96. The molecule has 26 heavy (non-hydrogen) atoms. The van der Waals surface area contributed by atoms with Gasteiger partial charge >= 0.3 is 12.6 Å². The molecular weight excluding hydrogens is 372 g/mol. The van der Waals surface area contributed by atoms with E-state index in [9.17, 15) is 26.8 Å². The zero-order chi connectivity index (χ0) is 19.2. The first-order valence-corrected chi connectivity index (χ1v) is 9.45. The first-order chi connectivity index (χ1) is 12.2. The normalized spacial score (nSPS) is 18.8. The van der Waals surface area contributed by atoms with Crippen LogP contribution in [0.2, 0.25) is 0 Å². The van der Waals surface area contributed by atoms with Crippen LogP contribution in [0.5, 0.6) is 5.75 Å². The van der Waals surface area contributed by atoms with E-state index in [0.717, 1.165) is 6.08 Å². The fourth-order valence-electron chi connectivity index (χ4n) is 2.29. The topological polar surface area (TPSA) is 98.8 Å². The third-order valence-electron chi connectivity index (χ3n) is 3.46. The Balaban J connectivity index is 1.74. The van der Waals surface area contributed by atoms with Gasteiger partial charge in [0.05, 0.1) is 11.5 Å². The van der Waals surface area contributed by atoms with Gasteiger partial charge in [-0.3, -0.25) is 4.79 Å². The number of sulfone groups is 1. The summed E-state index contributed by atoms with van der Waals surface area (Å²) in [7, 11) is -3.11. The van der Waals surface area contributed by atoms with Crippen LogP contribution < -0.4 is 10.1 Å². The third-order valence-corrected chi connectivity index (χ3v) is 5.23. The Morgan fingerprint density at radius 3 is 2.54 bits per heavy atom. The number of amides is 1. The Morgan fingerprint density at radius 1 is 1.27 bits per heavy atom. The van der Waals surface area contributed by atoms with Gasteiger partial charge in [-0.25, -0.2) is 13.2 Å². The second kappa shape index (κ2) is 8.75. The van der Waals surface area contributed by atoms with Crippen molar-refractivity contribution in [3.63, 3.8) is 0 Å². The van der Waals surface area contributed by atoms with Crippen LogP contribution in [-0.4, -0.2) is 51.1 Å². The number of ether oxygens (including phenoxy) is 2. The zero-order valence-electron chi connectivity index (χ0n) is 13.6. The van der Waals surface area contributed by atoms with E-state index in [4.69, 9.17) is 4.74 Å². The van der Waals surface area contributed by atoms with Gasteiger partial charge in [-0.05, 0) is 30.2 Å². The van der Waals surface area contributed by atoms with E-state index in [1.807, 2.05) is 0 Å². The van der Waals surface area contributed by atoms with Gasteiger partial charge in [-0.2, -0.15) is 8.78 Å². The molecule has 1 fully saturated rings. The molecule has 7 nitrogen and oxygen atoms in total. The molecule has 0 aliphatic carbocycles. The number of hydrogen-bond donors (Lipinski definition) is 1. The van der Waals surface area contributed by atoms with Crippen molar-refractivity contribution in [1.29, 1.82) is 0 Å². The van der Waals surface area contributed by atoms with Crippen molar-refractivity contribution in [2.75, 3.05) is 18.1 Å². The lowest BCUT2D eigenvalue weighted by Crippen LogP contribution is -2.38. The van der Waals surface area contributed by atoms with Crippen LogP contribution in [0, 0.1) is 0 Å². The van der Waals surface area contributed by atoms with E-state index in [2.05, 4.69) is 10.1 Å². The van der Waals surface area contributed by atoms with Crippen LogP contribution in [0.4, 0.5) is 8.78 Å². The number of carbonyl (C=O) groups is 2. The lowest BCUT2D eigenvalue weighted by Gasteiger charge is -2.10. The number of alkyl halides is 2. The van der Waals surface area contributed by atoms with Crippen molar-refractivity contribution < 1.29 is 36.3 Å². The van der Waals surface area contributed by atoms with Gasteiger partial charge in [-0.15, -0.1) is 0 Å². The number of hydrogen-bond acceptors (Lipinski definition) is 6. The minimum absolute atomic E-state index is 0.00896. The summed E-state index contributed by atoms with van der Waals surface area (Å²) in [5, 5.41) is 2.49. The fraction of sp³-hybridized carbons (Fsp3) is 0.375. The molecule has 0 bridgehead atoms. The Kier molecular flexibility index (Phi) is 6.67. The molecule has 1 amide bonds. The summed E-state index contributed by atoms with van der Waals surface area (Å²) < 4.78 is 55.6. The summed E-state index contributed by atoms with van der Waals surface area (Å²) in [6, 6.07) is 5.11. The number of halogens is 2. The first kappa shape index (κ1) is 19.8. The molecule has 1 N–H and O–H groups in total. The number of rotatable bonds is 7. The smallest absolute Gasteiger partial charge is 0.387 e. The van der Waals surface area contributed by atoms with Crippen LogP contribution >= 0.6 is 0 Å². The number of esters is 1. The Hall–Kier alpha value is -2.49. The Morgan fingerprint density at radius 2 is 1.96 bits per heavy atom. The van der Waals surface area contributed by atoms with Crippen LogP contribution in [0.25, 0.3) is 6.08 Å². The standard InChI is InChI=1S/C16H17F2NO6S/c17-16(18)25-13-4-1-11(2-5-13)3-6-15(21)24-9-14(20)19-12-7-8-26(22,23)10-12/h1-6,12,16H,7-10H2,(H,19,20)/b6-3+. The maximum absolute atomic E-state index is 12.0. The number of benzene rings is 1. The van der Waals surface area contributed by atoms with E-state index in [0.29, 0.717) is 12.0 Å². The van der Waals surface area contributed by atoms with E-state index < -0.39 is 41.0 Å². The maximum atomic E-state index is 12.0. The van der Waals surface area contributed by atoms with Crippen LogP contribution in [0.15, 0.2) is 30.3 Å². The molecule has 10 heteroatoms. The highest BCUT2D eigenvalue weighted by Gasteiger charge is 2.28. The summed E-state index contributed by atoms with van der Waals surface area (Å²) in [5.74, 6) is -1.45. The second-order valence-corrected chi connectivity index (χ2v) is 7.78. The van der Waals surface area contributed by atoms with E-state index in [1.54, 1.807) is 0 Å². The van der Waals surface area contributed by atoms with Gasteiger partial charge < -0.3 is 14.8 Å². The van der Waals surface area contributed by atoms with E-state index >= 15 is 0 Å². The molecule has 0 saturated carbocycles. The minimum atomic E-state index is -3.11. The van der Waals surface area contributed by atoms with Crippen LogP contribution in [-0.2, 0) is 24.2 Å². The summed E-state index contributed by atoms with van der Waals surface area (Å²) in [6.45, 7) is -3.44. The van der Waals surface area contributed by atoms with Crippen molar-refractivity contribution in [3.8, 4) is 5.75 Å². The predicted octanol–water partition coefficient (Wildman–Crippen LogP) is 1.15. The summed E-state index contributed by atoms with van der Waals surface area (Å²) in [6.07, 6.45) is 2.80. The highest BCUT2D eigenvalue weighted by atomic mass is 32.2. The van der Waals surface area contributed by atoms with Gasteiger partial charge in [0.25, 0.3) is 5.91 Å². The minimum Gasteiger partial charge on any atom is -0.452 e. The first-order valence-electron chi connectivity index (χ1n) is 7.63. The van der Waals surface area contributed by atoms with Crippen LogP contribution in [0.1, 0.15) is 12.0 Å². The third kappa shape index (κ3) is 6.79. The van der Waals surface area contributed by atoms with Crippen molar-refractivity contribution in [1.82, 2.24) is 5.32 Å². The predicted molar refractivity (Wildman–Crippen MR) is 88.3 cm³/mol. The molecule has 1 heterocycles. The summed E-state index contributed by atoms with van der Waals surface area (Å²) in [5.41, 5.74) is 0.546. The van der Waals surface area contributed by atoms with Gasteiger partial charge in [0.1, 0.15) is 5.75 Å². The molecule has 1 saturated heterocycles. The molecule has 1 aromatic carbocycles. The van der Waals surface area contributed by atoms with Gasteiger partial charge in [0, 0.05) is 12.1 Å². The molecule has 142 valence electrons. The highest BCUT2D eigenvalue weighted by molar-refractivity contribution is 7.91. The van der Waals surface area contributed by atoms with E-state index in [1.165, 1.54) is 30.3 Å². The number of carbonyl (C=O) groups excluding carboxylic acids is 2. The molecule has 1 aliphatic rings. The molecule has 0 spiro atoms. The summed E-state index contributed by atoms with van der Waals surface area (Å²) in [4.78, 5) is 23.2. The van der Waals surface area contributed by atoms with Gasteiger partial charge in [0.2, 0.25) is 0 Å². The highest BCUT2D eigenvalue weighted by Crippen LogP contribution is 2.15. The second-order valence-electron chi connectivity index (χ2n) is 5.56. The molecular formula is C16H17F2NO6S. The Bertz CT molecular complexity index is 776. The molecule has 0 aromatic heterocycles. The molecule has 1 unspecified atom stereocenters. The van der Waals surface area contributed by atoms with Crippen LogP contribution in [0.3, 0.4) is 0 Å². The lowest BCUT2D eigenvalue weighted by molar-refractivity contribution is -0.143. The largest absolute Gasteiger partial charge is 0.452 e.